The minimum Gasteiger partial charge on any atom is -0.318 e. The fourth-order valence-electron chi connectivity index (χ4n) is 1.55. The molecule has 0 fully saturated rings. The minimum atomic E-state index is -4.29. The highest BCUT2D eigenvalue weighted by atomic mass is 32.2. The average molecular weight is 314 g/mol. The summed E-state index contributed by atoms with van der Waals surface area (Å²) in [5, 5.41) is 14.5. The largest absolute Gasteiger partial charge is 0.335 e. The van der Waals surface area contributed by atoms with Gasteiger partial charge in [-0.2, -0.15) is 4.98 Å². The van der Waals surface area contributed by atoms with Gasteiger partial charge in [-0.25, -0.2) is 13.1 Å². The van der Waals surface area contributed by atoms with E-state index in [9.17, 15) is 18.5 Å². The molecule has 2 rings (SSSR count). The zero-order valence-corrected chi connectivity index (χ0v) is 11.4. The van der Waals surface area contributed by atoms with Crippen molar-refractivity contribution in [2.45, 2.75) is 11.8 Å². The number of aryl methyl sites for hydroxylation is 1. The molecule has 0 radical (unpaired) electrons. The summed E-state index contributed by atoms with van der Waals surface area (Å²) in [7, 11) is -4.29. The molecule has 1 aromatic heterocycles. The van der Waals surface area contributed by atoms with Crippen LogP contribution in [0.1, 0.15) is 5.82 Å². The number of nitrogen functional groups attached to an aromatic ring is 1. The number of nitrogens with two attached hydrogens (primary N) is 1. The Kier molecular flexibility index (Phi) is 3.73. The molecular weight excluding hydrogens is 304 g/mol. The topological polar surface area (TPSA) is 166 Å². The lowest BCUT2D eigenvalue weighted by atomic mass is 10.3. The van der Waals surface area contributed by atoms with E-state index in [4.69, 9.17) is 5.84 Å². The SMILES string of the molecule is Cc1noc(NS(=O)(=O)c2cccc(NN)c2[N+](=O)[O-])n1. The predicted molar refractivity (Wildman–Crippen MR) is 70.8 cm³/mol. The molecule has 112 valence electrons. The van der Waals surface area contributed by atoms with Crippen molar-refractivity contribution in [3.8, 4) is 0 Å². The Morgan fingerprint density at radius 1 is 1.43 bits per heavy atom. The summed E-state index contributed by atoms with van der Waals surface area (Å²) >= 11 is 0. The van der Waals surface area contributed by atoms with Gasteiger partial charge in [-0.15, -0.1) is 0 Å². The average Bonchev–Trinajstić information content (AvgIpc) is 2.82. The smallest absolute Gasteiger partial charge is 0.318 e. The maximum absolute atomic E-state index is 12.2. The number of hydrogen-bond donors (Lipinski definition) is 3. The Morgan fingerprint density at radius 2 is 2.14 bits per heavy atom. The van der Waals surface area contributed by atoms with Crippen LogP contribution in [0.2, 0.25) is 0 Å². The first kappa shape index (κ1) is 14.7. The Bertz CT molecular complexity index is 786. The van der Waals surface area contributed by atoms with Crippen molar-refractivity contribution in [2.75, 3.05) is 10.1 Å². The van der Waals surface area contributed by atoms with Crippen molar-refractivity contribution < 1.29 is 17.9 Å². The van der Waals surface area contributed by atoms with Gasteiger partial charge in [0, 0.05) is 0 Å². The summed E-state index contributed by atoms with van der Waals surface area (Å²) in [5.74, 6) is 5.35. The molecule has 0 bridgehead atoms. The third-order valence-corrected chi connectivity index (χ3v) is 3.73. The summed E-state index contributed by atoms with van der Waals surface area (Å²) in [4.78, 5) is 13.3. The van der Waals surface area contributed by atoms with E-state index in [1.54, 1.807) is 0 Å². The van der Waals surface area contributed by atoms with Gasteiger partial charge in [0.25, 0.3) is 10.0 Å². The van der Waals surface area contributed by atoms with E-state index in [-0.39, 0.29) is 11.5 Å². The third-order valence-electron chi connectivity index (χ3n) is 2.38. The van der Waals surface area contributed by atoms with Crippen molar-refractivity contribution in [1.29, 1.82) is 0 Å². The van der Waals surface area contributed by atoms with E-state index >= 15 is 0 Å². The lowest BCUT2D eigenvalue weighted by Gasteiger charge is -2.07. The molecule has 1 heterocycles. The summed E-state index contributed by atoms with van der Waals surface area (Å²) in [6.45, 7) is 1.49. The highest BCUT2D eigenvalue weighted by molar-refractivity contribution is 7.92. The van der Waals surface area contributed by atoms with Gasteiger partial charge in [0.15, 0.2) is 10.7 Å². The molecular formula is C9H10N6O5S. The Hall–Kier alpha value is -2.73. The normalized spacial score (nSPS) is 11.1. The molecule has 0 atom stereocenters. The number of hydrazine groups is 1. The number of hydrogen-bond acceptors (Lipinski definition) is 9. The molecule has 0 saturated heterocycles. The molecule has 0 amide bonds. The maximum atomic E-state index is 12.2. The van der Waals surface area contributed by atoms with Gasteiger partial charge in [0.1, 0.15) is 5.69 Å². The number of nitro benzene ring substituents is 1. The van der Waals surface area contributed by atoms with Crippen LogP contribution in [0.5, 0.6) is 0 Å². The quantitative estimate of drug-likeness (QED) is 0.401. The van der Waals surface area contributed by atoms with Gasteiger partial charge < -0.3 is 9.95 Å². The molecule has 21 heavy (non-hydrogen) atoms. The molecule has 1 aromatic carbocycles. The number of rotatable bonds is 5. The molecule has 0 spiro atoms. The lowest BCUT2D eigenvalue weighted by Crippen LogP contribution is -2.17. The molecule has 0 aliphatic rings. The van der Waals surface area contributed by atoms with Crippen LogP contribution in [0.3, 0.4) is 0 Å². The number of aromatic nitrogens is 2. The highest BCUT2D eigenvalue weighted by Gasteiger charge is 2.30. The number of para-hydroxylation sites is 1. The van der Waals surface area contributed by atoms with Gasteiger partial charge in [-0.05, 0) is 19.1 Å². The monoisotopic (exact) mass is 314 g/mol. The predicted octanol–water partition coefficient (Wildman–Crippen LogP) is 0.373. The van der Waals surface area contributed by atoms with E-state index in [1.807, 2.05) is 4.72 Å². The van der Waals surface area contributed by atoms with E-state index in [2.05, 4.69) is 20.1 Å². The van der Waals surface area contributed by atoms with Crippen LogP contribution in [0, 0.1) is 17.0 Å². The van der Waals surface area contributed by atoms with Crippen molar-refractivity contribution in [3.05, 3.63) is 34.1 Å². The number of benzene rings is 1. The van der Waals surface area contributed by atoms with Crippen molar-refractivity contribution >= 4 is 27.4 Å². The van der Waals surface area contributed by atoms with Gasteiger partial charge in [-0.1, -0.05) is 11.2 Å². The second kappa shape index (κ2) is 5.34. The first-order valence-electron chi connectivity index (χ1n) is 5.42. The van der Waals surface area contributed by atoms with E-state index < -0.39 is 31.5 Å². The van der Waals surface area contributed by atoms with Crippen molar-refractivity contribution in [1.82, 2.24) is 10.1 Å². The number of anilines is 2. The molecule has 12 heteroatoms. The van der Waals surface area contributed by atoms with Crippen LogP contribution >= 0.6 is 0 Å². The molecule has 11 nitrogen and oxygen atoms in total. The number of nitro groups is 1. The Balaban J connectivity index is 2.52. The molecule has 4 N–H and O–H groups in total. The standard InChI is InChI=1S/C9H10N6O5S/c1-5-11-9(20-13-5)14-21(18,19)7-4-2-3-6(12-10)8(7)15(16)17/h2-4,12H,10H2,1H3,(H,11,13,14). The molecule has 0 aliphatic heterocycles. The molecule has 2 aromatic rings. The number of sulfonamides is 1. The third kappa shape index (κ3) is 2.90. The zero-order valence-electron chi connectivity index (χ0n) is 10.6. The Morgan fingerprint density at radius 3 is 2.67 bits per heavy atom. The summed E-state index contributed by atoms with van der Waals surface area (Å²) in [5.41, 5.74) is 1.23. The van der Waals surface area contributed by atoms with E-state index in [1.165, 1.54) is 19.1 Å². The molecule has 0 saturated carbocycles. The summed E-state index contributed by atoms with van der Waals surface area (Å²) in [6.07, 6.45) is 0. The van der Waals surface area contributed by atoms with Crippen molar-refractivity contribution in [3.63, 3.8) is 0 Å². The van der Waals surface area contributed by atoms with E-state index in [0.29, 0.717) is 0 Å². The van der Waals surface area contributed by atoms with Crippen LogP contribution in [0.4, 0.5) is 17.4 Å². The molecule has 0 aliphatic carbocycles. The number of nitrogens with one attached hydrogen (secondary N) is 2. The Labute approximate surface area is 118 Å². The summed E-state index contributed by atoms with van der Waals surface area (Å²) < 4.78 is 31.0. The highest BCUT2D eigenvalue weighted by Crippen LogP contribution is 2.32. The van der Waals surface area contributed by atoms with Crippen LogP contribution in [-0.4, -0.2) is 23.5 Å². The van der Waals surface area contributed by atoms with Gasteiger partial charge in [0.2, 0.25) is 0 Å². The van der Waals surface area contributed by atoms with Crippen molar-refractivity contribution in [2.24, 2.45) is 5.84 Å². The first-order chi connectivity index (χ1) is 9.85. The van der Waals surface area contributed by atoms with Crippen LogP contribution in [-0.2, 0) is 10.0 Å². The minimum absolute atomic E-state index is 0.149. The fraction of sp³-hybridized carbons (Fsp3) is 0.111. The van der Waals surface area contributed by atoms with Crippen LogP contribution < -0.4 is 16.0 Å². The second-order valence-electron chi connectivity index (χ2n) is 3.81. The van der Waals surface area contributed by atoms with Crippen LogP contribution in [0.15, 0.2) is 27.6 Å². The lowest BCUT2D eigenvalue weighted by molar-refractivity contribution is -0.386. The fourth-order valence-corrected chi connectivity index (χ4v) is 2.67. The van der Waals surface area contributed by atoms with Gasteiger partial charge >= 0.3 is 11.7 Å². The van der Waals surface area contributed by atoms with Gasteiger partial charge in [0.05, 0.1) is 4.92 Å². The second-order valence-corrected chi connectivity index (χ2v) is 5.46. The maximum Gasteiger partial charge on any atom is 0.335 e. The van der Waals surface area contributed by atoms with Gasteiger partial charge in [-0.3, -0.25) is 16.0 Å². The zero-order chi connectivity index (χ0) is 15.6. The number of nitrogens with zero attached hydrogens (tertiary/aromatic N) is 3. The van der Waals surface area contributed by atoms with Crippen LogP contribution in [0.25, 0.3) is 0 Å². The molecule has 0 unspecified atom stereocenters. The summed E-state index contributed by atoms with van der Waals surface area (Å²) in [6, 6.07) is 3.24. The van der Waals surface area contributed by atoms with E-state index in [0.717, 1.165) is 6.07 Å². The first-order valence-corrected chi connectivity index (χ1v) is 6.90.